The monoisotopic (exact) mass is 385 g/mol. The van der Waals surface area contributed by atoms with E-state index in [1.54, 1.807) is 30.3 Å². The summed E-state index contributed by atoms with van der Waals surface area (Å²) in [5.41, 5.74) is 1.42. The maximum absolute atomic E-state index is 12.4. The number of anilines is 2. The minimum absolute atomic E-state index is 0.124. The highest BCUT2D eigenvalue weighted by Gasteiger charge is 2.14. The molecule has 7 heteroatoms. The van der Waals surface area contributed by atoms with Crippen molar-refractivity contribution in [2.24, 2.45) is 0 Å². The molecule has 5 nitrogen and oxygen atoms in total. The molecule has 0 spiro atoms. The first-order valence-electron chi connectivity index (χ1n) is 7.62. The van der Waals surface area contributed by atoms with Crippen LogP contribution in [-0.4, -0.2) is 16.8 Å². The Labute approximate surface area is 160 Å². The Morgan fingerprint density at radius 1 is 0.846 bits per heavy atom. The van der Waals surface area contributed by atoms with Gasteiger partial charge in [-0.2, -0.15) is 0 Å². The van der Waals surface area contributed by atoms with E-state index in [0.717, 1.165) is 0 Å². The average molecular weight is 386 g/mol. The third-order valence-electron chi connectivity index (χ3n) is 3.49. The van der Waals surface area contributed by atoms with Crippen LogP contribution in [-0.2, 0) is 0 Å². The number of para-hydroxylation sites is 1. The minimum atomic E-state index is -0.426. The fourth-order valence-corrected chi connectivity index (χ4v) is 2.56. The molecule has 0 radical (unpaired) electrons. The topological polar surface area (TPSA) is 71.1 Å². The predicted molar refractivity (Wildman–Crippen MR) is 103 cm³/mol. The molecule has 3 aromatic rings. The van der Waals surface area contributed by atoms with E-state index in [9.17, 15) is 9.59 Å². The van der Waals surface area contributed by atoms with Crippen LogP contribution in [0, 0.1) is 0 Å². The first-order valence-corrected chi connectivity index (χ1v) is 8.38. The molecule has 0 aliphatic heterocycles. The molecule has 2 N–H and O–H groups in total. The molecule has 0 saturated heterocycles. The van der Waals surface area contributed by atoms with Crippen LogP contribution in [0.1, 0.15) is 20.8 Å². The molecule has 26 heavy (non-hydrogen) atoms. The standard InChI is InChI=1S/C19H13Cl2N3O2/c20-14-7-4-8-15(17(14)21)24-18(25)12-9-10-22-16(11-12)19(26)23-13-5-2-1-3-6-13/h1-11H,(H,23,26)(H,24,25). The van der Waals surface area contributed by atoms with E-state index in [4.69, 9.17) is 23.2 Å². The highest BCUT2D eigenvalue weighted by Crippen LogP contribution is 2.29. The smallest absolute Gasteiger partial charge is 0.274 e. The number of aromatic nitrogens is 1. The van der Waals surface area contributed by atoms with Gasteiger partial charge in [-0.05, 0) is 36.4 Å². The fourth-order valence-electron chi connectivity index (χ4n) is 2.21. The lowest BCUT2D eigenvalue weighted by Gasteiger charge is -2.09. The van der Waals surface area contributed by atoms with Crippen LogP contribution in [0.15, 0.2) is 66.9 Å². The van der Waals surface area contributed by atoms with Crippen LogP contribution in [0.3, 0.4) is 0 Å². The number of halogens is 2. The summed E-state index contributed by atoms with van der Waals surface area (Å²) < 4.78 is 0. The molecule has 0 unspecified atom stereocenters. The third-order valence-corrected chi connectivity index (χ3v) is 4.31. The molecular formula is C19H13Cl2N3O2. The largest absolute Gasteiger partial charge is 0.321 e. The molecule has 0 bridgehead atoms. The molecule has 2 amide bonds. The number of carbonyl (C=O) groups excluding carboxylic acids is 2. The summed E-state index contributed by atoms with van der Waals surface area (Å²) in [6, 6.07) is 16.8. The number of benzene rings is 2. The zero-order chi connectivity index (χ0) is 18.5. The Bertz CT molecular complexity index is 962. The molecule has 0 aliphatic rings. The molecule has 2 aromatic carbocycles. The summed E-state index contributed by atoms with van der Waals surface area (Å²) in [4.78, 5) is 28.8. The Hall–Kier alpha value is -2.89. The summed E-state index contributed by atoms with van der Waals surface area (Å²) in [7, 11) is 0. The van der Waals surface area contributed by atoms with Gasteiger partial charge in [-0.25, -0.2) is 0 Å². The highest BCUT2D eigenvalue weighted by atomic mass is 35.5. The Kier molecular flexibility index (Phi) is 5.51. The van der Waals surface area contributed by atoms with Gasteiger partial charge in [-0.3, -0.25) is 14.6 Å². The van der Waals surface area contributed by atoms with Gasteiger partial charge in [-0.15, -0.1) is 0 Å². The molecule has 1 aromatic heterocycles. The van der Waals surface area contributed by atoms with E-state index < -0.39 is 11.8 Å². The van der Waals surface area contributed by atoms with Crippen molar-refractivity contribution in [2.75, 3.05) is 10.6 Å². The molecular weight excluding hydrogens is 373 g/mol. The second kappa shape index (κ2) is 7.99. The number of hydrogen-bond acceptors (Lipinski definition) is 3. The minimum Gasteiger partial charge on any atom is -0.321 e. The maximum atomic E-state index is 12.4. The summed E-state index contributed by atoms with van der Waals surface area (Å²) in [5, 5.41) is 5.97. The lowest BCUT2D eigenvalue weighted by Crippen LogP contribution is -2.17. The van der Waals surface area contributed by atoms with Gasteiger partial charge in [0.05, 0.1) is 15.7 Å². The SMILES string of the molecule is O=C(Nc1cccc(Cl)c1Cl)c1ccnc(C(=O)Nc2ccccc2)c1. The number of hydrogen-bond donors (Lipinski definition) is 2. The van der Waals surface area contributed by atoms with Gasteiger partial charge in [0, 0.05) is 17.4 Å². The molecule has 0 fully saturated rings. The van der Waals surface area contributed by atoms with E-state index in [0.29, 0.717) is 16.4 Å². The molecule has 0 aliphatic carbocycles. The van der Waals surface area contributed by atoms with Crippen LogP contribution in [0.4, 0.5) is 11.4 Å². The molecule has 0 atom stereocenters. The summed E-state index contributed by atoms with van der Waals surface area (Å²) in [6.45, 7) is 0. The number of carbonyl (C=O) groups is 2. The first kappa shape index (κ1) is 17.9. The second-order valence-electron chi connectivity index (χ2n) is 5.31. The van der Waals surface area contributed by atoms with E-state index in [2.05, 4.69) is 15.6 Å². The number of amides is 2. The maximum Gasteiger partial charge on any atom is 0.274 e. The molecule has 3 rings (SSSR count). The number of rotatable bonds is 4. The zero-order valence-electron chi connectivity index (χ0n) is 13.4. The Morgan fingerprint density at radius 2 is 1.62 bits per heavy atom. The van der Waals surface area contributed by atoms with Crippen LogP contribution in [0.5, 0.6) is 0 Å². The first-order chi connectivity index (χ1) is 12.5. The predicted octanol–water partition coefficient (Wildman–Crippen LogP) is 4.89. The van der Waals surface area contributed by atoms with Crippen molar-refractivity contribution in [3.63, 3.8) is 0 Å². The molecule has 0 saturated carbocycles. The van der Waals surface area contributed by atoms with Crippen molar-refractivity contribution < 1.29 is 9.59 Å². The summed E-state index contributed by atoms with van der Waals surface area (Å²) in [6.07, 6.45) is 1.40. The van der Waals surface area contributed by atoms with Gasteiger partial charge in [-0.1, -0.05) is 47.5 Å². The van der Waals surface area contributed by atoms with Gasteiger partial charge in [0.2, 0.25) is 0 Å². The van der Waals surface area contributed by atoms with Crippen LogP contribution in [0.25, 0.3) is 0 Å². The van der Waals surface area contributed by atoms with Gasteiger partial charge in [0.25, 0.3) is 11.8 Å². The van der Waals surface area contributed by atoms with Gasteiger partial charge >= 0.3 is 0 Å². The fraction of sp³-hybridized carbons (Fsp3) is 0. The van der Waals surface area contributed by atoms with Gasteiger partial charge in [0.1, 0.15) is 5.69 Å². The lowest BCUT2D eigenvalue weighted by atomic mass is 10.2. The van der Waals surface area contributed by atoms with Crippen molar-refractivity contribution in [3.05, 3.63) is 88.2 Å². The number of nitrogens with one attached hydrogen (secondary N) is 2. The number of pyridine rings is 1. The summed E-state index contributed by atoms with van der Waals surface area (Å²) >= 11 is 12.0. The van der Waals surface area contributed by atoms with Crippen molar-refractivity contribution in [1.29, 1.82) is 0 Å². The van der Waals surface area contributed by atoms with Gasteiger partial charge in [0.15, 0.2) is 0 Å². The van der Waals surface area contributed by atoms with Crippen LogP contribution >= 0.6 is 23.2 Å². The highest BCUT2D eigenvalue weighted by molar-refractivity contribution is 6.44. The average Bonchev–Trinajstić information content (AvgIpc) is 2.66. The summed E-state index contributed by atoms with van der Waals surface area (Å²) in [5.74, 6) is -0.836. The number of nitrogens with zero attached hydrogens (tertiary/aromatic N) is 1. The van der Waals surface area contributed by atoms with Crippen molar-refractivity contribution >= 4 is 46.4 Å². The van der Waals surface area contributed by atoms with Crippen molar-refractivity contribution in [1.82, 2.24) is 4.98 Å². The van der Waals surface area contributed by atoms with E-state index >= 15 is 0 Å². The van der Waals surface area contributed by atoms with Crippen LogP contribution in [0.2, 0.25) is 10.0 Å². The lowest BCUT2D eigenvalue weighted by molar-refractivity contribution is 0.102. The Morgan fingerprint density at radius 3 is 2.38 bits per heavy atom. The van der Waals surface area contributed by atoms with Crippen molar-refractivity contribution in [3.8, 4) is 0 Å². The third kappa shape index (κ3) is 4.20. The van der Waals surface area contributed by atoms with E-state index in [1.165, 1.54) is 18.3 Å². The van der Waals surface area contributed by atoms with Crippen molar-refractivity contribution in [2.45, 2.75) is 0 Å². The van der Waals surface area contributed by atoms with E-state index in [1.807, 2.05) is 18.2 Å². The molecule has 130 valence electrons. The van der Waals surface area contributed by atoms with Crippen LogP contribution < -0.4 is 10.6 Å². The Balaban J connectivity index is 1.77. The van der Waals surface area contributed by atoms with Gasteiger partial charge < -0.3 is 10.6 Å². The van der Waals surface area contributed by atoms with E-state index in [-0.39, 0.29) is 16.3 Å². The molecule has 1 heterocycles. The quantitative estimate of drug-likeness (QED) is 0.671. The second-order valence-corrected chi connectivity index (χ2v) is 6.09. The normalized spacial score (nSPS) is 10.2. The zero-order valence-corrected chi connectivity index (χ0v) is 14.9.